The molecule has 0 saturated carbocycles. The molecule has 12 heteroatoms. The lowest BCUT2D eigenvalue weighted by Crippen LogP contribution is -2.43. The zero-order valence-corrected chi connectivity index (χ0v) is 23.8. The third-order valence-corrected chi connectivity index (χ3v) is 6.73. The summed E-state index contributed by atoms with van der Waals surface area (Å²) in [5.74, 6) is 0.841. The van der Waals surface area contributed by atoms with Gasteiger partial charge in [-0.05, 0) is 58.7 Å². The van der Waals surface area contributed by atoms with Gasteiger partial charge >= 0.3 is 0 Å². The number of pyridine rings is 1. The number of rotatable bonds is 10. The topological polar surface area (TPSA) is 112 Å². The van der Waals surface area contributed by atoms with E-state index in [2.05, 4.69) is 47.4 Å². The zero-order valence-electron chi connectivity index (χ0n) is 20.6. The Balaban J connectivity index is 1.33. The molecular weight excluding hydrogens is 624 g/mol. The number of benzene rings is 2. The lowest BCUT2D eigenvalue weighted by molar-refractivity contribution is -0.137. The first-order valence-corrected chi connectivity index (χ1v) is 13.5. The minimum Gasteiger partial charge on any atom is -0.490 e. The van der Waals surface area contributed by atoms with Crippen molar-refractivity contribution in [3.8, 4) is 17.2 Å². The van der Waals surface area contributed by atoms with Gasteiger partial charge in [-0.25, -0.2) is 5.43 Å². The maximum Gasteiger partial charge on any atom is 0.277 e. The van der Waals surface area contributed by atoms with Gasteiger partial charge in [-0.15, -0.1) is 0 Å². The van der Waals surface area contributed by atoms with E-state index in [1.807, 2.05) is 25.1 Å². The minimum atomic E-state index is -0.438. The molecule has 2 amide bonds. The van der Waals surface area contributed by atoms with Gasteiger partial charge in [0.1, 0.15) is 5.52 Å². The molecule has 4 rings (SSSR count). The summed E-state index contributed by atoms with van der Waals surface area (Å²) < 4.78 is 23.9. The molecule has 1 aromatic heterocycles. The van der Waals surface area contributed by atoms with Crippen LogP contribution in [0.5, 0.6) is 17.2 Å². The van der Waals surface area contributed by atoms with Crippen LogP contribution in [0, 0.1) is 0 Å². The number of nitrogens with one attached hydrogen (secondary N) is 1. The van der Waals surface area contributed by atoms with Crippen molar-refractivity contribution in [2.45, 2.75) is 6.92 Å². The normalized spacial score (nSPS) is 13.5. The van der Waals surface area contributed by atoms with Crippen LogP contribution in [-0.2, 0) is 14.3 Å². The molecule has 1 aliphatic rings. The molecule has 1 aliphatic heterocycles. The third kappa shape index (κ3) is 7.21. The number of nitrogens with zero attached hydrogens (tertiary/aromatic N) is 3. The van der Waals surface area contributed by atoms with E-state index in [9.17, 15) is 9.59 Å². The van der Waals surface area contributed by atoms with E-state index < -0.39 is 5.91 Å². The number of halogens is 2. The molecule has 3 aromatic rings. The highest BCUT2D eigenvalue weighted by Gasteiger charge is 2.18. The number of hydrogen-bond donors (Lipinski definition) is 1. The number of aromatic nitrogens is 1. The molecule has 0 aliphatic carbocycles. The Hall–Kier alpha value is -3.22. The van der Waals surface area contributed by atoms with Gasteiger partial charge in [0, 0.05) is 29.1 Å². The van der Waals surface area contributed by atoms with E-state index in [-0.39, 0.29) is 19.1 Å². The van der Waals surface area contributed by atoms with Crippen LogP contribution in [0.15, 0.2) is 56.6 Å². The van der Waals surface area contributed by atoms with Crippen molar-refractivity contribution in [2.24, 2.45) is 5.10 Å². The van der Waals surface area contributed by atoms with E-state index in [0.717, 1.165) is 9.86 Å². The smallest absolute Gasteiger partial charge is 0.277 e. The lowest BCUT2D eigenvalue weighted by Gasteiger charge is -2.26. The Morgan fingerprint density at radius 1 is 1.08 bits per heavy atom. The minimum absolute atomic E-state index is 0.0944. The van der Waals surface area contributed by atoms with Crippen molar-refractivity contribution < 1.29 is 28.5 Å². The summed E-state index contributed by atoms with van der Waals surface area (Å²) in [5.41, 5.74) is 3.75. The maximum absolute atomic E-state index is 12.4. The molecule has 0 atom stereocenters. The van der Waals surface area contributed by atoms with Gasteiger partial charge in [0.15, 0.2) is 30.5 Å². The molecule has 0 radical (unpaired) electrons. The molecular formula is C26H26Br2N4O6. The van der Waals surface area contributed by atoms with Gasteiger partial charge in [0.05, 0.1) is 30.5 Å². The average Bonchev–Trinajstić information content (AvgIpc) is 2.93. The van der Waals surface area contributed by atoms with Crippen molar-refractivity contribution in [1.82, 2.24) is 15.3 Å². The molecule has 0 bridgehead atoms. The second kappa shape index (κ2) is 13.5. The zero-order chi connectivity index (χ0) is 26.9. The molecule has 2 aromatic carbocycles. The summed E-state index contributed by atoms with van der Waals surface area (Å²) in [6.45, 7) is 4.09. The molecule has 0 spiro atoms. The number of carbonyl (C=O) groups excluding carboxylic acids is 2. The predicted molar refractivity (Wildman–Crippen MR) is 149 cm³/mol. The monoisotopic (exact) mass is 648 g/mol. The summed E-state index contributed by atoms with van der Waals surface area (Å²) in [6, 6.07) is 10.8. The summed E-state index contributed by atoms with van der Waals surface area (Å²) in [5, 5.41) is 4.88. The molecule has 2 heterocycles. The predicted octanol–water partition coefficient (Wildman–Crippen LogP) is 3.93. The first-order valence-electron chi connectivity index (χ1n) is 11.9. The highest BCUT2D eigenvalue weighted by atomic mass is 79.9. The Labute approximate surface area is 236 Å². The van der Waals surface area contributed by atoms with E-state index in [0.29, 0.717) is 65.7 Å². The number of carbonyl (C=O) groups is 2. The van der Waals surface area contributed by atoms with E-state index in [1.165, 1.54) is 6.21 Å². The van der Waals surface area contributed by atoms with Crippen molar-refractivity contribution >= 4 is 60.8 Å². The van der Waals surface area contributed by atoms with Crippen LogP contribution in [0.3, 0.4) is 0 Å². The van der Waals surface area contributed by atoms with Crippen LogP contribution in [0.4, 0.5) is 0 Å². The van der Waals surface area contributed by atoms with Crippen molar-refractivity contribution in [1.29, 1.82) is 0 Å². The summed E-state index contributed by atoms with van der Waals surface area (Å²) in [6.07, 6.45) is 3.14. The molecule has 10 nitrogen and oxygen atoms in total. The summed E-state index contributed by atoms with van der Waals surface area (Å²) >= 11 is 6.97. The fourth-order valence-electron chi connectivity index (χ4n) is 3.67. The van der Waals surface area contributed by atoms with Gasteiger partial charge < -0.3 is 23.8 Å². The van der Waals surface area contributed by atoms with Crippen LogP contribution >= 0.6 is 31.9 Å². The number of hydrogen-bond acceptors (Lipinski definition) is 8. The van der Waals surface area contributed by atoms with Crippen molar-refractivity contribution in [3.05, 3.63) is 57.1 Å². The fourth-order valence-corrected chi connectivity index (χ4v) is 5.06. The van der Waals surface area contributed by atoms with Gasteiger partial charge in [0.2, 0.25) is 0 Å². The summed E-state index contributed by atoms with van der Waals surface area (Å²) in [7, 11) is 0. The quantitative estimate of drug-likeness (QED) is 0.262. The van der Waals surface area contributed by atoms with Crippen molar-refractivity contribution in [2.75, 3.05) is 46.1 Å². The van der Waals surface area contributed by atoms with Gasteiger partial charge in [-0.3, -0.25) is 14.6 Å². The number of fused-ring (bicyclic) bond motifs is 1. The van der Waals surface area contributed by atoms with E-state index >= 15 is 0 Å². The Morgan fingerprint density at radius 3 is 2.68 bits per heavy atom. The first-order chi connectivity index (χ1) is 18.5. The van der Waals surface area contributed by atoms with Crippen LogP contribution < -0.4 is 19.6 Å². The Bertz CT molecular complexity index is 1330. The molecule has 1 fully saturated rings. The first kappa shape index (κ1) is 27.8. The molecule has 200 valence electrons. The number of ether oxygens (including phenoxy) is 4. The highest BCUT2D eigenvalue weighted by molar-refractivity contribution is 9.11. The number of hydrazone groups is 1. The van der Waals surface area contributed by atoms with Crippen LogP contribution in [0.25, 0.3) is 10.9 Å². The van der Waals surface area contributed by atoms with Gasteiger partial charge in [-0.1, -0.05) is 22.0 Å². The van der Waals surface area contributed by atoms with Crippen LogP contribution in [-0.4, -0.2) is 74.0 Å². The van der Waals surface area contributed by atoms with E-state index in [4.69, 9.17) is 18.9 Å². The van der Waals surface area contributed by atoms with Crippen LogP contribution in [0.2, 0.25) is 0 Å². The number of morpholine rings is 1. The summed E-state index contributed by atoms with van der Waals surface area (Å²) in [4.78, 5) is 30.8. The molecule has 1 saturated heterocycles. The van der Waals surface area contributed by atoms with Gasteiger partial charge in [0.25, 0.3) is 11.8 Å². The highest BCUT2D eigenvalue weighted by Crippen LogP contribution is 2.37. The second-order valence-corrected chi connectivity index (χ2v) is 9.78. The molecule has 1 N–H and O–H groups in total. The van der Waals surface area contributed by atoms with Gasteiger partial charge in [-0.2, -0.15) is 5.10 Å². The standard InChI is InChI=1S/C26H26Br2N4O6/c1-2-36-22-12-17(5-6-21(22)37-16-24(34)32-8-10-35-11-9-32)14-30-31-23(33)15-38-26-20(28)13-19(27)18-4-3-7-29-25(18)26/h3-7,12-14H,2,8-11,15-16H2,1H3,(H,31,33)/b30-14+. The molecule has 0 unspecified atom stereocenters. The molecule has 38 heavy (non-hydrogen) atoms. The fraction of sp³-hybridized carbons (Fsp3) is 0.308. The largest absolute Gasteiger partial charge is 0.490 e. The SMILES string of the molecule is CCOc1cc(/C=N/NC(=O)COc2c(Br)cc(Br)c3cccnc23)ccc1OCC(=O)N1CCOCC1. The Morgan fingerprint density at radius 2 is 1.89 bits per heavy atom. The number of amides is 2. The Kier molecular flexibility index (Phi) is 9.91. The third-order valence-electron chi connectivity index (χ3n) is 5.48. The second-order valence-electron chi connectivity index (χ2n) is 8.07. The van der Waals surface area contributed by atoms with Crippen LogP contribution in [0.1, 0.15) is 12.5 Å². The lowest BCUT2D eigenvalue weighted by atomic mass is 10.2. The maximum atomic E-state index is 12.4. The van der Waals surface area contributed by atoms with Crippen molar-refractivity contribution in [3.63, 3.8) is 0 Å². The average molecular weight is 650 g/mol. The van der Waals surface area contributed by atoms with E-state index in [1.54, 1.807) is 29.3 Å².